The van der Waals surface area contributed by atoms with E-state index >= 15 is 0 Å². The number of rotatable bonds is 6. The van der Waals surface area contributed by atoms with Crippen molar-refractivity contribution in [3.8, 4) is 11.3 Å². The Balaban J connectivity index is 1.63. The monoisotopic (exact) mass is 367 g/mol. The van der Waals surface area contributed by atoms with Gasteiger partial charge in [-0.1, -0.05) is 30.3 Å². The van der Waals surface area contributed by atoms with E-state index in [0.29, 0.717) is 36.7 Å². The Hall–Kier alpha value is -2.80. The zero-order valence-corrected chi connectivity index (χ0v) is 15.5. The Kier molecular flexibility index (Phi) is 6.13. The van der Waals surface area contributed by atoms with Gasteiger partial charge < -0.3 is 16.0 Å². The molecule has 1 aliphatic heterocycles. The molecule has 3 N–H and O–H groups in total. The minimum atomic E-state index is -0.243. The Morgan fingerprint density at radius 3 is 2.81 bits per heavy atom. The van der Waals surface area contributed by atoms with Crippen molar-refractivity contribution in [3.63, 3.8) is 0 Å². The van der Waals surface area contributed by atoms with E-state index in [2.05, 4.69) is 20.2 Å². The molecular weight excluding hydrogens is 342 g/mol. The Morgan fingerprint density at radius 1 is 1.30 bits per heavy atom. The molecule has 1 saturated heterocycles. The van der Waals surface area contributed by atoms with Crippen LogP contribution in [-0.4, -0.2) is 52.9 Å². The number of aromatic nitrogens is 2. The van der Waals surface area contributed by atoms with Gasteiger partial charge in [0.25, 0.3) is 5.91 Å². The van der Waals surface area contributed by atoms with Crippen molar-refractivity contribution in [2.24, 2.45) is 11.7 Å². The summed E-state index contributed by atoms with van der Waals surface area (Å²) < 4.78 is 0. The summed E-state index contributed by atoms with van der Waals surface area (Å²) in [5.41, 5.74) is 7.39. The lowest BCUT2D eigenvalue weighted by molar-refractivity contribution is -0.123. The first-order valence-electron chi connectivity index (χ1n) is 9.23. The fraction of sp³-hybridized carbons (Fsp3) is 0.400. The maximum atomic E-state index is 12.7. The predicted octanol–water partition coefficient (Wildman–Crippen LogP) is 1.38. The molecular formula is C20H25N5O2. The van der Waals surface area contributed by atoms with Gasteiger partial charge in [0.15, 0.2) is 0 Å². The molecule has 1 fully saturated rings. The maximum absolute atomic E-state index is 12.7. The second-order valence-electron chi connectivity index (χ2n) is 6.84. The van der Waals surface area contributed by atoms with E-state index in [9.17, 15) is 9.59 Å². The number of nitrogens with one attached hydrogen (secondary N) is 1. The maximum Gasteiger partial charge on any atom is 0.255 e. The van der Waals surface area contributed by atoms with Crippen LogP contribution in [0.4, 0.5) is 0 Å². The van der Waals surface area contributed by atoms with Gasteiger partial charge >= 0.3 is 0 Å². The summed E-state index contributed by atoms with van der Waals surface area (Å²) in [5, 5.41) is 2.94. The lowest BCUT2D eigenvalue weighted by Crippen LogP contribution is -2.44. The van der Waals surface area contributed by atoms with Crippen molar-refractivity contribution in [1.82, 2.24) is 20.2 Å². The fourth-order valence-electron chi connectivity index (χ4n) is 3.37. The zero-order chi connectivity index (χ0) is 19.2. The second kappa shape index (κ2) is 8.73. The van der Waals surface area contributed by atoms with Crippen molar-refractivity contribution >= 4 is 11.8 Å². The van der Waals surface area contributed by atoms with Crippen molar-refractivity contribution < 1.29 is 9.59 Å². The standard InChI is InChI=1S/C20H25N5O2/c1-14-23-12-17(18(24-14)15-6-3-2-4-7-15)20(27)22-9-11-25-10-5-8-16(13-25)19(21)26/h2-4,6-7,12,16H,5,8-11,13H2,1H3,(H2,21,26)(H,22,27)/t16-/m1/s1. The van der Waals surface area contributed by atoms with E-state index in [-0.39, 0.29) is 17.7 Å². The molecule has 7 nitrogen and oxygen atoms in total. The molecule has 0 saturated carbocycles. The number of likely N-dealkylation sites (tertiary alicyclic amines) is 1. The molecule has 2 amide bonds. The quantitative estimate of drug-likeness (QED) is 0.803. The number of piperidine rings is 1. The topological polar surface area (TPSA) is 101 Å². The minimum absolute atomic E-state index is 0.0929. The molecule has 1 aromatic heterocycles. The minimum Gasteiger partial charge on any atom is -0.369 e. The lowest BCUT2D eigenvalue weighted by Gasteiger charge is -2.31. The van der Waals surface area contributed by atoms with E-state index < -0.39 is 0 Å². The number of hydrogen-bond donors (Lipinski definition) is 2. The first-order chi connectivity index (χ1) is 13.0. The van der Waals surface area contributed by atoms with Crippen LogP contribution in [-0.2, 0) is 4.79 Å². The molecule has 2 heterocycles. The van der Waals surface area contributed by atoms with E-state index in [1.54, 1.807) is 13.1 Å². The van der Waals surface area contributed by atoms with Crippen LogP contribution in [0.2, 0.25) is 0 Å². The highest BCUT2D eigenvalue weighted by Crippen LogP contribution is 2.21. The summed E-state index contributed by atoms with van der Waals surface area (Å²) in [6.07, 6.45) is 3.37. The number of hydrogen-bond acceptors (Lipinski definition) is 5. The van der Waals surface area contributed by atoms with Gasteiger partial charge in [0.2, 0.25) is 5.91 Å². The van der Waals surface area contributed by atoms with Gasteiger partial charge in [-0.2, -0.15) is 0 Å². The molecule has 1 aliphatic rings. The number of carbonyl (C=O) groups excluding carboxylic acids is 2. The van der Waals surface area contributed by atoms with Crippen LogP contribution in [0.15, 0.2) is 36.5 Å². The van der Waals surface area contributed by atoms with Crippen molar-refractivity contribution in [2.75, 3.05) is 26.2 Å². The number of nitrogens with two attached hydrogens (primary N) is 1. The average Bonchev–Trinajstić information content (AvgIpc) is 2.68. The summed E-state index contributed by atoms with van der Waals surface area (Å²) in [6.45, 7) is 4.56. The van der Waals surface area contributed by atoms with Crippen LogP contribution in [0.3, 0.4) is 0 Å². The second-order valence-corrected chi connectivity index (χ2v) is 6.84. The number of carbonyl (C=O) groups is 2. The van der Waals surface area contributed by atoms with Gasteiger partial charge in [0, 0.05) is 31.4 Å². The largest absolute Gasteiger partial charge is 0.369 e. The van der Waals surface area contributed by atoms with Gasteiger partial charge in [0.05, 0.1) is 17.2 Å². The average molecular weight is 367 g/mol. The molecule has 1 atom stereocenters. The summed E-state index contributed by atoms with van der Waals surface area (Å²) >= 11 is 0. The Labute approximate surface area is 159 Å². The summed E-state index contributed by atoms with van der Waals surface area (Å²) in [7, 11) is 0. The highest BCUT2D eigenvalue weighted by Gasteiger charge is 2.23. The normalized spacial score (nSPS) is 17.4. The molecule has 3 rings (SSSR count). The van der Waals surface area contributed by atoms with E-state index in [1.165, 1.54) is 0 Å². The first-order valence-corrected chi connectivity index (χ1v) is 9.23. The van der Waals surface area contributed by atoms with Gasteiger partial charge in [-0.3, -0.25) is 9.59 Å². The molecule has 0 bridgehead atoms. The third-order valence-corrected chi connectivity index (χ3v) is 4.82. The molecule has 0 aliphatic carbocycles. The fourth-order valence-corrected chi connectivity index (χ4v) is 3.37. The number of primary amides is 1. The van der Waals surface area contributed by atoms with Crippen LogP contribution in [0.5, 0.6) is 0 Å². The molecule has 27 heavy (non-hydrogen) atoms. The molecule has 0 radical (unpaired) electrons. The molecule has 0 spiro atoms. The Bertz CT molecular complexity index is 809. The molecule has 1 aromatic carbocycles. The summed E-state index contributed by atoms with van der Waals surface area (Å²) in [4.78, 5) is 34.9. The molecule has 142 valence electrons. The number of benzene rings is 1. The van der Waals surface area contributed by atoms with Crippen molar-refractivity contribution in [3.05, 3.63) is 47.9 Å². The van der Waals surface area contributed by atoms with Gasteiger partial charge in [-0.15, -0.1) is 0 Å². The number of nitrogens with zero attached hydrogens (tertiary/aromatic N) is 3. The van der Waals surface area contributed by atoms with Crippen molar-refractivity contribution in [2.45, 2.75) is 19.8 Å². The van der Waals surface area contributed by atoms with E-state index in [0.717, 1.165) is 24.9 Å². The zero-order valence-electron chi connectivity index (χ0n) is 15.5. The van der Waals surface area contributed by atoms with Gasteiger partial charge in [0.1, 0.15) is 5.82 Å². The van der Waals surface area contributed by atoms with Crippen LogP contribution < -0.4 is 11.1 Å². The first kappa shape index (κ1) is 19.0. The molecule has 2 aromatic rings. The van der Waals surface area contributed by atoms with Crippen LogP contribution in [0.25, 0.3) is 11.3 Å². The van der Waals surface area contributed by atoms with Gasteiger partial charge in [-0.25, -0.2) is 9.97 Å². The van der Waals surface area contributed by atoms with Crippen LogP contribution in [0.1, 0.15) is 29.0 Å². The van der Waals surface area contributed by atoms with Gasteiger partial charge in [-0.05, 0) is 26.3 Å². The highest BCUT2D eigenvalue weighted by atomic mass is 16.2. The molecule has 7 heteroatoms. The molecule has 0 unspecified atom stereocenters. The third kappa shape index (κ3) is 4.89. The summed E-state index contributed by atoms with van der Waals surface area (Å²) in [6, 6.07) is 9.61. The Morgan fingerprint density at radius 2 is 2.07 bits per heavy atom. The van der Waals surface area contributed by atoms with E-state index in [1.807, 2.05) is 30.3 Å². The highest BCUT2D eigenvalue weighted by molar-refractivity contribution is 5.99. The van der Waals surface area contributed by atoms with Crippen molar-refractivity contribution in [1.29, 1.82) is 0 Å². The van der Waals surface area contributed by atoms with E-state index in [4.69, 9.17) is 5.73 Å². The predicted molar refractivity (Wildman–Crippen MR) is 103 cm³/mol. The summed E-state index contributed by atoms with van der Waals surface area (Å²) in [5.74, 6) is 0.0891. The SMILES string of the molecule is Cc1ncc(C(=O)NCCN2CCC[C@@H](C(N)=O)C2)c(-c2ccccc2)n1. The van der Waals surface area contributed by atoms with Crippen LogP contribution in [0, 0.1) is 12.8 Å². The lowest BCUT2D eigenvalue weighted by atomic mass is 9.97. The number of aryl methyl sites for hydroxylation is 1. The number of amides is 2. The third-order valence-electron chi connectivity index (χ3n) is 4.82. The smallest absolute Gasteiger partial charge is 0.255 e. The van der Waals surface area contributed by atoms with Crippen LogP contribution >= 0.6 is 0 Å².